The van der Waals surface area contributed by atoms with Crippen molar-refractivity contribution in [3.05, 3.63) is 55.0 Å². The summed E-state index contributed by atoms with van der Waals surface area (Å²) < 4.78 is 8.75. The van der Waals surface area contributed by atoms with E-state index < -0.39 is 0 Å². The van der Waals surface area contributed by atoms with Crippen LogP contribution in [-0.4, -0.2) is 27.9 Å². The van der Waals surface area contributed by atoms with Gasteiger partial charge in [-0.15, -0.1) is 16.4 Å². The monoisotopic (exact) mass is 473 g/mol. The first-order valence-electron chi connectivity index (χ1n) is 7.10. The molecule has 3 rings (SSSR count). The molecular formula is C16H13ClIN3O2S. The number of carbonyl (C=O) groups excluding carboxylic acids is 1. The highest BCUT2D eigenvalue weighted by Crippen LogP contribution is 2.25. The largest absolute Gasteiger partial charge is 0.494 e. The van der Waals surface area contributed by atoms with Crippen molar-refractivity contribution < 1.29 is 9.53 Å². The van der Waals surface area contributed by atoms with Gasteiger partial charge in [0.2, 0.25) is 0 Å². The van der Waals surface area contributed by atoms with Crippen LogP contribution in [-0.2, 0) is 6.42 Å². The zero-order valence-corrected chi connectivity index (χ0v) is 16.4. The molecule has 0 fully saturated rings. The van der Waals surface area contributed by atoms with E-state index in [4.69, 9.17) is 16.3 Å². The Balaban J connectivity index is 1.71. The Kier molecular flexibility index (Phi) is 5.52. The van der Waals surface area contributed by atoms with E-state index in [2.05, 4.69) is 32.9 Å². The molecule has 1 aromatic carbocycles. The van der Waals surface area contributed by atoms with Crippen LogP contribution in [0.25, 0.3) is 5.69 Å². The lowest BCUT2D eigenvalue weighted by Crippen LogP contribution is -1.99. The number of nitrogens with zero attached hydrogens (tertiary/aromatic N) is 3. The maximum atomic E-state index is 12.1. The maximum Gasteiger partial charge on any atom is 0.173 e. The number of aromatic nitrogens is 3. The minimum atomic E-state index is 0.0632. The summed E-state index contributed by atoms with van der Waals surface area (Å²) in [5.74, 6) is 0.788. The van der Waals surface area contributed by atoms with E-state index in [1.165, 1.54) is 11.3 Å². The second kappa shape index (κ2) is 7.62. The van der Waals surface area contributed by atoms with Gasteiger partial charge in [-0.05, 0) is 52.9 Å². The van der Waals surface area contributed by atoms with Gasteiger partial charge in [0.05, 0.1) is 28.2 Å². The molecule has 0 saturated heterocycles. The smallest absolute Gasteiger partial charge is 0.173 e. The van der Waals surface area contributed by atoms with Crippen molar-refractivity contribution in [1.29, 1.82) is 0 Å². The number of carbonyl (C=O) groups is 1. The van der Waals surface area contributed by atoms with E-state index >= 15 is 0 Å². The van der Waals surface area contributed by atoms with Gasteiger partial charge in [-0.1, -0.05) is 16.8 Å². The lowest BCUT2D eigenvalue weighted by Gasteiger charge is -2.07. The molecule has 24 heavy (non-hydrogen) atoms. The quantitative estimate of drug-likeness (QED) is 0.393. The summed E-state index contributed by atoms with van der Waals surface area (Å²) in [6.07, 6.45) is 2.72. The van der Waals surface area contributed by atoms with Gasteiger partial charge < -0.3 is 4.74 Å². The lowest BCUT2D eigenvalue weighted by molar-refractivity contribution is 0.0986. The van der Waals surface area contributed by atoms with Crippen LogP contribution in [0.5, 0.6) is 5.75 Å². The van der Waals surface area contributed by atoms with Crippen LogP contribution in [0.2, 0.25) is 4.34 Å². The third kappa shape index (κ3) is 3.96. The summed E-state index contributed by atoms with van der Waals surface area (Å²) in [5.41, 5.74) is 1.57. The van der Waals surface area contributed by atoms with Crippen molar-refractivity contribution >= 4 is 51.3 Å². The van der Waals surface area contributed by atoms with Crippen LogP contribution < -0.4 is 4.74 Å². The van der Waals surface area contributed by atoms with Crippen molar-refractivity contribution in [2.75, 3.05) is 7.11 Å². The Hall–Kier alpha value is -1.45. The van der Waals surface area contributed by atoms with Gasteiger partial charge in [0, 0.05) is 16.4 Å². The number of methoxy groups -OCH3 is 1. The number of rotatable bonds is 6. The van der Waals surface area contributed by atoms with Crippen LogP contribution in [0.15, 0.2) is 36.5 Å². The van der Waals surface area contributed by atoms with E-state index in [1.54, 1.807) is 23.9 Å². The van der Waals surface area contributed by atoms with Gasteiger partial charge in [0.25, 0.3) is 0 Å². The summed E-state index contributed by atoms with van der Waals surface area (Å²) in [4.78, 5) is 12.8. The van der Waals surface area contributed by atoms with E-state index in [0.29, 0.717) is 22.1 Å². The minimum absolute atomic E-state index is 0.0632. The second-order valence-corrected chi connectivity index (χ2v) is 7.96. The average molecular weight is 474 g/mol. The second-order valence-electron chi connectivity index (χ2n) is 5.00. The van der Waals surface area contributed by atoms with Crippen molar-refractivity contribution in [1.82, 2.24) is 15.0 Å². The fraction of sp³-hybridized carbons (Fsp3) is 0.188. The lowest BCUT2D eigenvalue weighted by atomic mass is 10.1. The maximum absolute atomic E-state index is 12.1. The van der Waals surface area contributed by atoms with Crippen LogP contribution in [0, 0.1) is 3.57 Å². The van der Waals surface area contributed by atoms with Gasteiger partial charge in [-0.2, -0.15) is 0 Å². The number of ketones is 1. The predicted octanol–water partition coefficient (Wildman–Crippen LogP) is 4.41. The molecule has 2 aromatic heterocycles. The molecule has 0 radical (unpaired) electrons. The van der Waals surface area contributed by atoms with Gasteiger partial charge in [-0.3, -0.25) is 4.79 Å². The van der Waals surface area contributed by atoms with E-state index in [1.807, 2.05) is 24.4 Å². The SMILES string of the molecule is COc1cc(I)ccc1-n1cc(CCC(=O)c2ccc(Cl)s2)nn1. The van der Waals surface area contributed by atoms with Gasteiger partial charge in [-0.25, -0.2) is 4.68 Å². The number of thiophene rings is 1. The molecule has 0 N–H and O–H groups in total. The molecule has 0 atom stereocenters. The first-order valence-corrected chi connectivity index (χ1v) is 9.38. The molecule has 3 aromatic rings. The fourth-order valence-electron chi connectivity index (χ4n) is 2.20. The summed E-state index contributed by atoms with van der Waals surface area (Å²) in [6.45, 7) is 0. The van der Waals surface area contributed by atoms with Crippen LogP contribution >= 0.6 is 45.5 Å². The number of benzene rings is 1. The van der Waals surface area contributed by atoms with Gasteiger partial charge in [0.1, 0.15) is 11.4 Å². The molecule has 0 aliphatic heterocycles. The van der Waals surface area contributed by atoms with Crippen molar-refractivity contribution in [2.24, 2.45) is 0 Å². The summed E-state index contributed by atoms with van der Waals surface area (Å²) in [6, 6.07) is 9.32. The number of Topliss-reactive ketones (excluding diaryl/α,β-unsaturated/α-hetero) is 1. The third-order valence-corrected chi connectivity index (χ3v) is 5.33. The van der Waals surface area contributed by atoms with Crippen LogP contribution in [0.3, 0.4) is 0 Å². The molecule has 0 spiro atoms. The topological polar surface area (TPSA) is 57.0 Å². The summed E-state index contributed by atoms with van der Waals surface area (Å²) in [7, 11) is 1.62. The Morgan fingerprint density at radius 2 is 2.21 bits per heavy atom. The first kappa shape index (κ1) is 17.4. The van der Waals surface area contributed by atoms with E-state index in [9.17, 15) is 4.79 Å². The molecule has 2 heterocycles. The van der Waals surface area contributed by atoms with E-state index in [-0.39, 0.29) is 5.78 Å². The number of ether oxygens (including phenoxy) is 1. The first-order chi connectivity index (χ1) is 11.6. The van der Waals surface area contributed by atoms with Crippen LogP contribution in [0.1, 0.15) is 21.8 Å². The highest BCUT2D eigenvalue weighted by atomic mass is 127. The summed E-state index contributed by atoms with van der Waals surface area (Å²) in [5, 5.41) is 8.28. The fourth-order valence-corrected chi connectivity index (χ4v) is 3.67. The molecule has 5 nitrogen and oxygen atoms in total. The zero-order chi connectivity index (χ0) is 17.1. The normalized spacial score (nSPS) is 10.8. The van der Waals surface area contributed by atoms with E-state index in [0.717, 1.165) is 20.7 Å². The van der Waals surface area contributed by atoms with Gasteiger partial charge >= 0.3 is 0 Å². The molecular weight excluding hydrogens is 461 g/mol. The molecule has 0 amide bonds. The van der Waals surface area contributed by atoms with Crippen molar-refractivity contribution in [3.63, 3.8) is 0 Å². The Morgan fingerprint density at radius 1 is 1.38 bits per heavy atom. The van der Waals surface area contributed by atoms with Crippen molar-refractivity contribution in [2.45, 2.75) is 12.8 Å². The highest BCUT2D eigenvalue weighted by molar-refractivity contribution is 14.1. The average Bonchev–Trinajstić information content (AvgIpc) is 3.21. The van der Waals surface area contributed by atoms with Crippen molar-refractivity contribution in [3.8, 4) is 11.4 Å². The number of hydrogen-bond acceptors (Lipinski definition) is 5. The van der Waals surface area contributed by atoms with Gasteiger partial charge in [0.15, 0.2) is 5.78 Å². The Morgan fingerprint density at radius 3 is 2.92 bits per heavy atom. The Labute approximate surface area is 161 Å². The Bertz CT molecular complexity index is 878. The standard InChI is InChI=1S/C16H13ClIN3O2S/c1-23-14-8-10(18)2-4-12(14)21-9-11(19-20-21)3-5-13(22)15-6-7-16(17)24-15/h2,4,6-9H,3,5H2,1H3. The molecule has 8 heteroatoms. The minimum Gasteiger partial charge on any atom is -0.494 e. The molecule has 0 aliphatic carbocycles. The molecule has 0 unspecified atom stereocenters. The number of aryl methyl sites for hydroxylation is 1. The predicted molar refractivity (Wildman–Crippen MR) is 103 cm³/mol. The summed E-state index contributed by atoms with van der Waals surface area (Å²) >= 11 is 9.38. The molecule has 124 valence electrons. The molecule has 0 saturated carbocycles. The third-order valence-electron chi connectivity index (χ3n) is 3.39. The number of hydrogen-bond donors (Lipinski definition) is 0. The zero-order valence-electron chi connectivity index (χ0n) is 12.7. The number of halogens is 2. The molecule has 0 aliphatic rings. The van der Waals surface area contributed by atoms with Crippen LogP contribution in [0.4, 0.5) is 0 Å². The highest BCUT2D eigenvalue weighted by Gasteiger charge is 2.12. The molecule has 0 bridgehead atoms.